The zero-order valence-electron chi connectivity index (χ0n) is 11.3. The highest BCUT2D eigenvalue weighted by atomic mass is 79.9. The van der Waals surface area contributed by atoms with Gasteiger partial charge in [0.1, 0.15) is 6.61 Å². The third-order valence-electron chi connectivity index (χ3n) is 2.71. The lowest BCUT2D eigenvalue weighted by Gasteiger charge is -2.09. The van der Waals surface area contributed by atoms with Crippen molar-refractivity contribution in [3.63, 3.8) is 0 Å². The van der Waals surface area contributed by atoms with E-state index in [1.54, 1.807) is 13.3 Å². The second-order valence-electron chi connectivity index (χ2n) is 4.17. The highest BCUT2D eigenvalue weighted by Gasteiger charge is 2.00. The summed E-state index contributed by atoms with van der Waals surface area (Å²) in [5, 5.41) is 3.32. The number of nitrogens with one attached hydrogen (secondary N) is 1. The second kappa shape index (κ2) is 7.87. The molecule has 0 spiro atoms. The van der Waals surface area contributed by atoms with Gasteiger partial charge in [0, 0.05) is 24.2 Å². The predicted octanol–water partition coefficient (Wildman–Crippen LogP) is 3.48. The molecule has 0 bridgehead atoms. The molecule has 0 saturated heterocycles. The average molecular weight is 337 g/mol. The van der Waals surface area contributed by atoms with Crippen molar-refractivity contribution < 1.29 is 9.47 Å². The molecule has 0 aliphatic carbocycles. The molecule has 1 aromatic heterocycles. The van der Waals surface area contributed by atoms with Gasteiger partial charge in [0.25, 0.3) is 0 Å². The molecule has 0 aliphatic heterocycles. The van der Waals surface area contributed by atoms with Crippen molar-refractivity contribution in [2.24, 2.45) is 0 Å². The fraction of sp³-hybridized carbons (Fsp3) is 0.267. The van der Waals surface area contributed by atoms with Crippen molar-refractivity contribution in [3.05, 3.63) is 52.6 Å². The van der Waals surface area contributed by atoms with E-state index in [0.29, 0.717) is 19.1 Å². The number of rotatable bonds is 7. The standard InChI is InChI=1S/C15H17BrN2O2/c1-19-8-9-20-15-7-6-13(11-18-15)17-10-12-4-2-3-5-14(12)16/h2-7,11,17H,8-10H2,1H3. The fourth-order valence-electron chi connectivity index (χ4n) is 1.64. The van der Waals surface area contributed by atoms with Crippen LogP contribution in [-0.2, 0) is 11.3 Å². The van der Waals surface area contributed by atoms with Crippen LogP contribution in [-0.4, -0.2) is 25.3 Å². The first-order chi connectivity index (χ1) is 9.79. The molecule has 2 rings (SSSR count). The van der Waals surface area contributed by atoms with Gasteiger partial charge in [-0.2, -0.15) is 0 Å². The highest BCUT2D eigenvalue weighted by Crippen LogP contribution is 2.18. The minimum absolute atomic E-state index is 0.507. The molecule has 1 aromatic carbocycles. The van der Waals surface area contributed by atoms with Gasteiger partial charge in [-0.1, -0.05) is 34.1 Å². The highest BCUT2D eigenvalue weighted by molar-refractivity contribution is 9.10. The number of anilines is 1. The van der Waals surface area contributed by atoms with Crippen LogP contribution in [0.4, 0.5) is 5.69 Å². The first kappa shape index (κ1) is 14.8. The quantitative estimate of drug-likeness (QED) is 0.786. The summed E-state index contributed by atoms with van der Waals surface area (Å²) in [6, 6.07) is 11.9. The Morgan fingerprint density at radius 1 is 1.15 bits per heavy atom. The summed E-state index contributed by atoms with van der Waals surface area (Å²) in [6.45, 7) is 1.81. The van der Waals surface area contributed by atoms with E-state index in [0.717, 1.165) is 16.7 Å². The van der Waals surface area contributed by atoms with E-state index in [-0.39, 0.29) is 0 Å². The molecule has 20 heavy (non-hydrogen) atoms. The number of pyridine rings is 1. The van der Waals surface area contributed by atoms with Gasteiger partial charge < -0.3 is 14.8 Å². The Balaban J connectivity index is 1.86. The predicted molar refractivity (Wildman–Crippen MR) is 83.1 cm³/mol. The number of hydrogen-bond acceptors (Lipinski definition) is 4. The Bertz CT molecular complexity index is 532. The normalized spacial score (nSPS) is 10.3. The maximum absolute atomic E-state index is 5.41. The maximum atomic E-state index is 5.41. The average Bonchev–Trinajstić information content (AvgIpc) is 2.48. The lowest BCUT2D eigenvalue weighted by Crippen LogP contribution is -2.05. The number of benzene rings is 1. The molecule has 1 N–H and O–H groups in total. The van der Waals surface area contributed by atoms with Crippen LogP contribution in [0.2, 0.25) is 0 Å². The van der Waals surface area contributed by atoms with Gasteiger partial charge in [0.05, 0.1) is 18.5 Å². The van der Waals surface area contributed by atoms with E-state index in [1.165, 1.54) is 5.56 Å². The number of hydrogen-bond donors (Lipinski definition) is 1. The van der Waals surface area contributed by atoms with Crippen molar-refractivity contribution in [3.8, 4) is 5.88 Å². The smallest absolute Gasteiger partial charge is 0.213 e. The van der Waals surface area contributed by atoms with Crippen molar-refractivity contribution >= 4 is 21.6 Å². The summed E-state index contributed by atoms with van der Waals surface area (Å²) in [5.41, 5.74) is 2.16. The maximum Gasteiger partial charge on any atom is 0.213 e. The molecule has 5 heteroatoms. The van der Waals surface area contributed by atoms with Crippen molar-refractivity contribution in [2.75, 3.05) is 25.6 Å². The SMILES string of the molecule is COCCOc1ccc(NCc2ccccc2Br)cn1. The van der Waals surface area contributed by atoms with Crippen LogP contribution >= 0.6 is 15.9 Å². The lowest BCUT2D eigenvalue weighted by atomic mass is 10.2. The minimum Gasteiger partial charge on any atom is -0.475 e. The van der Waals surface area contributed by atoms with Crippen molar-refractivity contribution in [1.29, 1.82) is 0 Å². The Hall–Kier alpha value is -1.59. The Morgan fingerprint density at radius 3 is 2.70 bits per heavy atom. The van der Waals surface area contributed by atoms with E-state index in [4.69, 9.17) is 9.47 Å². The van der Waals surface area contributed by atoms with E-state index < -0.39 is 0 Å². The number of ether oxygens (including phenoxy) is 2. The van der Waals surface area contributed by atoms with E-state index in [1.807, 2.05) is 30.3 Å². The molecule has 0 aliphatic rings. The van der Waals surface area contributed by atoms with Gasteiger partial charge in [0.15, 0.2) is 0 Å². The Morgan fingerprint density at radius 2 is 2.00 bits per heavy atom. The first-order valence-electron chi connectivity index (χ1n) is 6.34. The van der Waals surface area contributed by atoms with Crippen LogP contribution in [0.15, 0.2) is 47.1 Å². The van der Waals surface area contributed by atoms with Crippen LogP contribution in [0, 0.1) is 0 Å². The molecule has 0 saturated carbocycles. The van der Waals surface area contributed by atoms with Crippen LogP contribution in [0.25, 0.3) is 0 Å². The van der Waals surface area contributed by atoms with E-state index in [2.05, 4.69) is 32.3 Å². The summed E-state index contributed by atoms with van der Waals surface area (Å²) < 4.78 is 11.4. The number of aromatic nitrogens is 1. The van der Waals surface area contributed by atoms with E-state index >= 15 is 0 Å². The van der Waals surface area contributed by atoms with Gasteiger partial charge in [-0.25, -0.2) is 4.98 Å². The summed E-state index contributed by atoms with van der Waals surface area (Å²) in [4.78, 5) is 4.23. The van der Waals surface area contributed by atoms with Crippen LogP contribution in [0.1, 0.15) is 5.56 Å². The fourth-order valence-corrected chi connectivity index (χ4v) is 2.06. The number of methoxy groups -OCH3 is 1. The molecule has 1 heterocycles. The summed E-state index contributed by atoms with van der Waals surface area (Å²) in [6.07, 6.45) is 1.76. The van der Waals surface area contributed by atoms with Gasteiger partial charge in [-0.15, -0.1) is 0 Å². The third-order valence-corrected chi connectivity index (χ3v) is 3.49. The number of nitrogens with zero attached hydrogens (tertiary/aromatic N) is 1. The molecule has 0 amide bonds. The van der Waals surface area contributed by atoms with Gasteiger partial charge in [-0.3, -0.25) is 0 Å². The van der Waals surface area contributed by atoms with Gasteiger partial charge in [-0.05, 0) is 17.7 Å². The molecule has 0 atom stereocenters. The molecular weight excluding hydrogens is 320 g/mol. The zero-order chi connectivity index (χ0) is 14.2. The molecule has 0 fully saturated rings. The van der Waals surface area contributed by atoms with Gasteiger partial charge >= 0.3 is 0 Å². The van der Waals surface area contributed by atoms with Crippen LogP contribution in [0.5, 0.6) is 5.88 Å². The van der Waals surface area contributed by atoms with Crippen molar-refractivity contribution in [1.82, 2.24) is 4.98 Å². The molecule has 0 unspecified atom stereocenters. The number of halogens is 1. The summed E-state index contributed by atoms with van der Waals surface area (Å²) >= 11 is 3.53. The molecule has 4 nitrogen and oxygen atoms in total. The largest absolute Gasteiger partial charge is 0.475 e. The molecule has 0 radical (unpaired) electrons. The van der Waals surface area contributed by atoms with Crippen LogP contribution < -0.4 is 10.1 Å². The summed E-state index contributed by atoms with van der Waals surface area (Å²) in [5.74, 6) is 0.605. The monoisotopic (exact) mass is 336 g/mol. The lowest BCUT2D eigenvalue weighted by molar-refractivity contribution is 0.144. The van der Waals surface area contributed by atoms with Gasteiger partial charge in [0.2, 0.25) is 5.88 Å². The first-order valence-corrected chi connectivity index (χ1v) is 7.14. The molecule has 106 valence electrons. The van der Waals surface area contributed by atoms with E-state index in [9.17, 15) is 0 Å². The topological polar surface area (TPSA) is 43.4 Å². The molecule has 2 aromatic rings. The Labute approximate surface area is 127 Å². The van der Waals surface area contributed by atoms with Crippen LogP contribution in [0.3, 0.4) is 0 Å². The second-order valence-corrected chi connectivity index (χ2v) is 5.03. The van der Waals surface area contributed by atoms with Crippen molar-refractivity contribution in [2.45, 2.75) is 6.54 Å². The molecular formula is C15H17BrN2O2. The minimum atomic E-state index is 0.507. The Kier molecular flexibility index (Phi) is 5.83. The zero-order valence-corrected chi connectivity index (χ0v) is 12.9. The summed E-state index contributed by atoms with van der Waals surface area (Å²) in [7, 11) is 1.64. The third kappa shape index (κ3) is 4.51.